The Bertz CT molecular complexity index is 392. The lowest BCUT2D eigenvalue weighted by atomic mass is 9.98. The summed E-state index contributed by atoms with van der Waals surface area (Å²) in [5.74, 6) is 0.722. The Hall–Kier alpha value is -1.00. The van der Waals surface area contributed by atoms with Gasteiger partial charge in [-0.3, -0.25) is 4.79 Å². The molecule has 0 aliphatic carbocycles. The molecular formula is C11H14N2OS. The van der Waals surface area contributed by atoms with Crippen LogP contribution in [-0.2, 0) is 11.2 Å². The van der Waals surface area contributed by atoms with Crippen LogP contribution in [0.25, 0.3) is 0 Å². The van der Waals surface area contributed by atoms with Gasteiger partial charge in [0.15, 0.2) is 0 Å². The normalized spacial score (nSPS) is 16.8. The van der Waals surface area contributed by atoms with Crippen LogP contribution < -0.4 is 11.1 Å². The standard InChI is InChI=1S/C11H14N2OS/c12-9(6-15)7-1-3-10-8(5-7)2-4-11(14)13-10/h1,3,5,9,15H,2,4,6,12H2,(H,13,14). The van der Waals surface area contributed by atoms with Crippen LogP contribution in [-0.4, -0.2) is 11.7 Å². The number of anilines is 1. The van der Waals surface area contributed by atoms with Gasteiger partial charge in [0, 0.05) is 23.9 Å². The molecule has 0 radical (unpaired) electrons. The van der Waals surface area contributed by atoms with E-state index >= 15 is 0 Å². The average Bonchev–Trinajstić information content (AvgIpc) is 2.27. The van der Waals surface area contributed by atoms with E-state index in [4.69, 9.17) is 5.73 Å². The Balaban J connectivity index is 2.30. The number of thiol groups is 1. The van der Waals surface area contributed by atoms with Crippen LogP contribution in [0.15, 0.2) is 18.2 Å². The molecule has 4 heteroatoms. The zero-order valence-corrected chi connectivity index (χ0v) is 9.26. The summed E-state index contributed by atoms with van der Waals surface area (Å²) in [7, 11) is 0. The second kappa shape index (κ2) is 4.24. The Kier molecular flexibility index (Phi) is 2.98. The van der Waals surface area contributed by atoms with Gasteiger partial charge in [-0.25, -0.2) is 0 Å². The molecule has 0 bridgehead atoms. The summed E-state index contributed by atoms with van der Waals surface area (Å²) in [4.78, 5) is 11.2. The SMILES string of the molecule is NC(CS)c1ccc2c(c1)CCC(=O)N2. The zero-order chi connectivity index (χ0) is 10.8. The van der Waals surface area contributed by atoms with Crippen molar-refractivity contribution in [3.05, 3.63) is 29.3 Å². The first-order valence-corrected chi connectivity index (χ1v) is 5.63. The topological polar surface area (TPSA) is 55.1 Å². The summed E-state index contributed by atoms with van der Waals surface area (Å²) in [6.07, 6.45) is 1.36. The highest BCUT2D eigenvalue weighted by Gasteiger charge is 2.15. The van der Waals surface area contributed by atoms with Crippen molar-refractivity contribution in [1.29, 1.82) is 0 Å². The zero-order valence-electron chi connectivity index (χ0n) is 8.36. The summed E-state index contributed by atoms with van der Waals surface area (Å²) in [5.41, 5.74) is 9.06. The van der Waals surface area contributed by atoms with Gasteiger partial charge < -0.3 is 11.1 Å². The van der Waals surface area contributed by atoms with Gasteiger partial charge in [-0.05, 0) is 23.6 Å². The van der Waals surface area contributed by atoms with Gasteiger partial charge in [-0.1, -0.05) is 12.1 Å². The van der Waals surface area contributed by atoms with E-state index in [1.807, 2.05) is 12.1 Å². The predicted octanol–water partition coefficient (Wildman–Crippen LogP) is 1.50. The van der Waals surface area contributed by atoms with Crippen molar-refractivity contribution in [3.8, 4) is 0 Å². The molecule has 15 heavy (non-hydrogen) atoms. The van der Waals surface area contributed by atoms with E-state index in [0.29, 0.717) is 12.2 Å². The van der Waals surface area contributed by atoms with Gasteiger partial charge in [0.05, 0.1) is 0 Å². The number of hydrogen-bond donors (Lipinski definition) is 3. The largest absolute Gasteiger partial charge is 0.326 e. The van der Waals surface area contributed by atoms with Crippen LogP contribution in [0.5, 0.6) is 0 Å². The van der Waals surface area contributed by atoms with Crippen molar-refractivity contribution < 1.29 is 4.79 Å². The lowest BCUT2D eigenvalue weighted by Crippen LogP contribution is -2.20. The molecule has 2 rings (SSSR count). The van der Waals surface area contributed by atoms with Crippen LogP contribution in [0.2, 0.25) is 0 Å². The maximum atomic E-state index is 11.2. The third-order valence-electron chi connectivity index (χ3n) is 2.65. The Morgan fingerprint density at radius 3 is 3.00 bits per heavy atom. The number of hydrogen-bond acceptors (Lipinski definition) is 3. The van der Waals surface area contributed by atoms with E-state index in [1.54, 1.807) is 0 Å². The highest BCUT2D eigenvalue weighted by molar-refractivity contribution is 7.80. The summed E-state index contributed by atoms with van der Waals surface area (Å²) in [6, 6.07) is 5.91. The molecule has 1 aliphatic rings. The third-order valence-corrected chi connectivity index (χ3v) is 3.04. The number of rotatable bonds is 2. The van der Waals surface area contributed by atoms with Crippen molar-refractivity contribution in [2.24, 2.45) is 5.73 Å². The molecule has 0 aromatic heterocycles. The first kappa shape index (κ1) is 10.5. The van der Waals surface area contributed by atoms with Gasteiger partial charge in [0.2, 0.25) is 5.91 Å². The molecule has 0 saturated carbocycles. The van der Waals surface area contributed by atoms with E-state index in [0.717, 1.165) is 17.7 Å². The first-order chi connectivity index (χ1) is 7.20. The summed E-state index contributed by atoms with van der Waals surface area (Å²) < 4.78 is 0. The summed E-state index contributed by atoms with van der Waals surface area (Å²) >= 11 is 4.17. The fourth-order valence-corrected chi connectivity index (χ4v) is 1.95. The van der Waals surface area contributed by atoms with E-state index < -0.39 is 0 Å². The maximum absolute atomic E-state index is 11.2. The van der Waals surface area contributed by atoms with Gasteiger partial charge in [0.25, 0.3) is 0 Å². The molecule has 1 unspecified atom stereocenters. The van der Waals surface area contributed by atoms with Crippen molar-refractivity contribution >= 4 is 24.2 Å². The fraction of sp³-hybridized carbons (Fsp3) is 0.364. The monoisotopic (exact) mass is 222 g/mol. The minimum Gasteiger partial charge on any atom is -0.326 e. The van der Waals surface area contributed by atoms with Crippen LogP contribution >= 0.6 is 12.6 Å². The molecule has 1 aromatic carbocycles. The Morgan fingerprint density at radius 1 is 1.47 bits per heavy atom. The molecule has 1 heterocycles. The Morgan fingerprint density at radius 2 is 2.27 bits per heavy atom. The summed E-state index contributed by atoms with van der Waals surface area (Å²) in [6.45, 7) is 0. The second-order valence-corrected chi connectivity index (χ2v) is 4.12. The minimum absolute atomic E-state index is 0.0312. The average molecular weight is 222 g/mol. The molecule has 80 valence electrons. The molecule has 1 atom stereocenters. The first-order valence-electron chi connectivity index (χ1n) is 5.00. The molecule has 1 aliphatic heterocycles. The number of fused-ring (bicyclic) bond motifs is 1. The van der Waals surface area contributed by atoms with E-state index in [1.165, 1.54) is 5.56 Å². The van der Waals surface area contributed by atoms with E-state index in [-0.39, 0.29) is 11.9 Å². The molecule has 0 fully saturated rings. The lowest BCUT2D eigenvalue weighted by molar-refractivity contribution is -0.116. The molecule has 0 saturated heterocycles. The van der Waals surface area contributed by atoms with Gasteiger partial charge in [-0.15, -0.1) is 0 Å². The molecule has 0 spiro atoms. The third kappa shape index (κ3) is 2.16. The van der Waals surface area contributed by atoms with Crippen LogP contribution in [0.3, 0.4) is 0 Å². The van der Waals surface area contributed by atoms with Crippen molar-refractivity contribution in [2.75, 3.05) is 11.1 Å². The number of aryl methyl sites for hydroxylation is 1. The van der Waals surface area contributed by atoms with Crippen molar-refractivity contribution in [3.63, 3.8) is 0 Å². The molecule has 1 aromatic rings. The highest BCUT2D eigenvalue weighted by atomic mass is 32.1. The molecule has 1 amide bonds. The molecular weight excluding hydrogens is 208 g/mol. The summed E-state index contributed by atoms with van der Waals surface area (Å²) in [5, 5.41) is 2.85. The van der Waals surface area contributed by atoms with Crippen molar-refractivity contribution in [2.45, 2.75) is 18.9 Å². The minimum atomic E-state index is -0.0312. The lowest BCUT2D eigenvalue weighted by Gasteiger charge is -2.19. The van der Waals surface area contributed by atoms with Gasteiger partial charge in [-0.2, -0.15) is 12.6 Å². The number of nitrogens with one attached hydrogen (secondary N) is 1. The van der Waals surface area contributed by atoms with Gasteiger partial charge >= 0.3 is 0 Å². The van der Waals surface area contributed by atoms with Crippen LogP contribution in [0.4, 0.5) is 5.69 Å². The number of benzene rings is 1. The van der Waals surface area contributed by atoms with Gasteiger partial charge in [0.1, 0.15) is 0 Å². The smallest absolute Gasteiger partial charge is 0.224 e. The maximum Gasteiger partial charge on any atom is 0.224 e. The fourth-order valence-electron chi connectivity index (χ4n) is 1.74. The quantitative estimate of drug-likeness (QED) is 0.664. The van der Waals surface area contributed by atoms with E-state index in [2.05, 4.69) is 24.0 Å². The van der Waals surface area contributed by atoms with Crippen molar-refractivity contribution in [1.82, 2.24) is 0 Å². The molecule has 3 nitrogen and oxygen atoms in total. The van der Waals surface area contributed by atoms with Crippen LogP contribution in [0.1, 0.15) is 23.6 Å². The number of nitrogens with two attached hydrogens (primary N) is 1. The predicted molar refractivity (Wildman–Crippen MR) is 64.2 cm³/mol. The molecule has 3 N–H and O–H groups in total. The number of amides is 1. The highest BCUT2D eigenvalue weighted by Crippen LogP contribution is 2.25. The van der Waals surface area contributed by atoms with Crippen LogP contribution in [0, 0.1) is 0 Å². The number of carbonyl (C=O) groups excluding carboxylic acids is 1. The number of carbonyl (C=O) groups is 1. The second-order valence-electron chi connectivity index (χ2n) is 3.75. The van der Waals surface area contributed by atoms with E-state index in [9.17, 15) is 4.79 Å². The Labute approximate surface area is 94.5 Å².